The molecule has 25 heavy (non-hydrogen) atoms. The second-order valence-electron chi connectivity index (χ2n) is 6.43. The zero-order chi connectivity index (χ0) is 17.8. The Kier molecular flexibility index (Phi) is 5.37. The highest BCUT2D eigenvalue weighted by Gasteiger charge is 2.32. The number of nitrogens with zero attached hydrogens (tertiary/aromatic N) is 4. The lowest BCUT2D eigenvalue weighted by Gasteiger charge is -2.35. The summed E-state index contributed by atoms with van der Waals surface area (Å²) in [5, 5.41) is 7.16. The van der Waals surface area contributed by atoms with Crippen LogP contribution in [0.5, 0.6) is 0 Å². The van der Waals surface area contributed by atoms with Crippen LogP contribution >= 0.6 is 0 Å². The van der Waals surface area contributed by atoms with Crippen LogP contribution in [0.15, 0.2) is 22.9 Å². The first-order chi connectivity index (χ1) is 12.0. The lowest BCUT2D eigenvalue weighted by atomic mass is 10.1. The highest BCUT2D eigenvalue weighted by Crippen LogP contribution is 2.22. The highest BCUT2D eigenvalue weighted by molar-refractivity contribution is 5.75. The molecule has 0 spiro atoms. The van der Waals surface area contributed by atoms with Crippen molar-refractivity contribution in [1.29, 1.82) is 0 Å². The number of carbonyl (C=O) groups is 1. The van der Waals surface area contributed by atoms with Crippen molar-refractivity contribution < 1.29 is 13.9 Å². The third-order valence-corrected chi connectivity index (χ3v) is 4.42. The SMILES string of the molecule is Cc1ccc(CC[C@@H](C)NC(=O)N2CCOC[C@H]2c2ncnn2C)o1. The number of ether oxygens (including phenoxy) is 1. The van der Waals surface area contributed by atoms with Crippen LogP contribution in [-0.2, 0) is 18.2 Å². The average molecular weight is 347 g/mol. The van der Waals surface area contributed by atoms with Crippen molar-refractivity contribution in [2.75, 3.05) is 19.8 Å². The number of nitrogens with one attached hydrogen (secondary N) is 1. The molecule has 1 aliphatic heterocycles. The summed E-state index contributed by atoms with van der Waals surface area (Å²) in [6.45, 7) is 5.43. The standard InChI is InChI=1S/C17H25N5O3/c1-12(4-6-14-7-5-13(2)25-14)20-17(23)22-8-9-24-10-15(22)16-18-11-19-21(16)3/h5,7,11-12,15H,4,6,8-10H2,1-3H3,(H,20,23)/t12-,15+/m1/s1. The van der Waals surface area contributed by atoms with E-state index in [4.69, 9.17) is 9.15 Å². The molecule has 0 radical (unpaired) electrons. The number of rotatable bonds is 5. The number of amides is 2. The molecule has 3 rings (SSSR count). The average Bonchev–Trinajstić information content (AvgIpc) is 3.21. The van der Waals surface area contributed by atoms with Crippen molar-refractivity contribution in [3.05, 3.63) is 35.8 Å². The monoisotopic (exact) mass is 347 g/mol. The molecule has 2 atom stereocenters. The van der Waals surface area contributed by atoms with Crippen LogP contribution < -0.4 is 5.32 Å². The van der Waals surface area contributed by atoms with Gasteiger partial charge in [-0.1, -0.05) is 0 Å². The second kappa shape index (κ2) is 7.69. The van der Waals surface area contributed by atoms with Gasteiger partial charge in [0, 0.05) is 26.1 Å². The highest BCUT2D eigenvalue weighted by atomic mass is 16.5. The zero-order valence-corrected chi connectivity index (χ0v) is 14.9. The van der Waals surface area contributed by atoms with Crippen molar-refractivity contribution in [3.63, 3.8) is 0 Å². The van der Waals surface area contributed by atoms with Gasteiger partial charge in [0.2, 0.25) is 0 Å². The van der Waals surface area contributed by atoms with E-state index in [1.54, 1.807) is 9.58 Å². The second-order valence-corrected chi connectivity index (χ2v) is 6.43. The number of morpholine rings is 1. The van der Waals surface area contributed by atoms with Crippen LogP contribution in [0.1, 0.15) is 36.7 Å². The molecule has 3 heterocycles. The minimum Gasteiger partial charge on any atom is -0.466 e. The van der Waals surface area contributed by atoms with Gasteiger partial charge in [-0.3, -0.25) is 4.68 Å². The van der Waals surface area contributed by atoms with Crippen LogP contribution in [0.3, 0.4) is 0 Å². The Morgan fingerprint density at radius 3 is 3.00 bits per heavy atom. The third-order valence-electron chi connectivity index (χ3n) is 4.42. The van der Waals surface area contributed by atoms with E-state index in [1.807, 2.05) is 33.0 Å². The topological polar surface area (TPSA) is 85.4 Å². The van der Waals surface area contributed by atoms with E-state index in [9.17, 15) is 4.79 Å². The maximum atomic E-state index is 12.7. The van der Waals surface area contributed by atoms with E-state index in [0.717, 1.165) is 30.2 Å². The van der Waals surface area contributed by atoms with Gasteiger partial charge < -0.3 is 19.4 Å². The van der Waals surface area contributed by atoms with E-state index >= 15 is 0 Å². The smallest absolute Gasteiger partial charge is 0.318 e. The molecule has 1 fully saturated rings. The molecule has 0 aromatic carbocycles. The number of urea groups is 1. The van der Waals surface area contributed by atoms with Crippen molar-refractivity contribution in [3.8, 4) is 0 Å². The molecule has 1 aliphatic rings. The van der Waals surface area contributed by atoms with Crippen molar-refractivity contribution in [2.24, 2.45) is 7.05 Å². The molecule has 0 bridgehead atoms. The summed E-state index contributed by atoms with van der Waals surface area (Å²) >= 11 is 0. The molecule has 8 heteroatoms. The van der Waals surface area contributed by atoms with Gasteiger partial charge in [0.15, 0.2) is 5.82 Å². The molecule has 2 aromatic rings. The van der Waals surface area contributed by atoms with Crippen LogP contribution in [0.25, 0.3) is 0 Å². The number of hydrogen-bond donors (Lipinski definition) is 1. The lowest BCUT2D eigenvalue weighted by molar-refractivity contribution is 0.00688. The maximum Gasteiger partial charge on any atom is 0.318 e. The van der Waals surface area contributed by atoms with Crippen LogP contribution in [-0.4, -0.2) is 51.5 Å². The number of aromatic nitrogens is 3. The Labute approximate surface area is 147 Å². The quantitative estimate of drug-likeness (QED) is 0.892. The summed E-state index contributed by atoms with van der Waals surface area (Å²) in [5.74, 6) is 2.59. The summed E-state index contributed by atoms with van der Waals surface area (Å²) in [7, 11) is 1.82. The summed E-state index contributed by atoms with van der Waals surface area (Å²) in [5.41, 5.74) is 0. The Hall–Kier alpha value is -2.35. The van der Waals surface area contributed by atoms with E-state index in [1.165, 1.54) is 6.33 Å². The van der Waals surface area contributed by atoms with Gasteiger partial charge in [-0.25, -0.2) is 9.78 Å². The summed E-state index contributed by atoms with van der Waals surface area (Å²) in [6, 6.07) is 3.66. The molecule has 2 aromatic heterocycles. The zero-order valence-electron chi connectivity index (χ0n) is 14.9. The summed E-state index contributed by atoms with van der Waals surface area (Å²) in [4.78, 5) is 18.8. The molecular formula is C17H25N5O3. The van der Waals surface area contributed by atoms with E-state index in [0.29, 0.717) is 19.8 Å². The molecule has 1 N–H and O–H groups in total. The normalized spacial score (nSPS) is 19.0. The maximum absolute atomic E-state index is 12.7. The summed E-state index contributed by atoms with van der Waals surface area (Å²) in [6.07, 6.45) is 3.11. The van der Waals surface area contributed by atoms with Crippen LogP contribution in [0.2, 0.25) is 0 Å². The van der Waals surface area contributed by atoms with Gasteiger partial charge in [0.1, 0.15) is 23.9 Å². The third kappa shape index (κ3) is 4.19. The molecule has 8 nitrogen and oxygen atoms in total. The van der Waals surface area contributed by atoms with Crippen molar-refractivity contribution in [1.82, 2.24) is 25.0 Å². The lowest BCUT2D eigenvalue weighted by Crippen LogP contribution is -2.50. The Bertz CT molecular complexity index is 711. The first kappa shape index (κ1) is 17.5. The predicted octanol–water partition coefficient (Wildman–Crippen LogP) is 1.82. The van der Waals surface area contributed by atoms with Gasteiger partial charge in [-0.05, 0) is 32.4 Å². The van der Waals surface area contributed by atoms with Gasteiger partial charge in [-0.15, -0.1) is 0 Å². The molecule has 0 saturated carbocycles. The van der Waals surface area contributed by atoms with Gasteiger partial charge in [0.25, 0.3) is 0 Å². The molecule has 136 valence electrons. The van der Waals surface area contributed by atoms with Gasteiger partial charge in [0.05, 0.1) is 13.2 Å². The van der Waals surface area contributed by atoms with Crippen molar-refractivity contribution >= 4 is 6.03 Å². The number of aryl methyl sites for hydroxylation is 3. The first-order valence-electron chi connectivity index (χ1n) is 8.58. The van der Waals surface area contributed by atoms with Crippen LogP contribution in [0, 0.1) is 6.92 Å². The molecular weight excluding hydrogens is 322 g/mol. The summed E-state index contributed by atoms with van der Waals surface area (Å²) < 4.78 is 12.8. The fourth-order valence-corrected chi connectivity index (χ4v) is 3.01. The minimum absolute atomic E-state index is 0.0425. The fraction of sp³-hybridized carbons (Fsp3) is 0.588. The van der Waals surface area contributed by atoms with E-state index in [2.05, 4.69) is 15.4 Å². The number of hydrogen-bond acceptors (Lipinski definition) is 5. The van der Waals surface area contributed by atoms with Crippen molar-refractivity contribution in [2.45, 2.75) is 38.8 Å². The molecule has 0 aliphatic carbocycles. The minimum atomic E-state index is -0.221. The first-order valence-corrected chi connectivity index (χ1v) is 8.58. The van der Waals surface area contributed by atoms with Gasteiger partial charge >= 0.3 is 6.03 Å². The number of carbonyl (C=O) groups excluding carboxylic acids is 1. The van der Waals surface area contributed by atoms with E-state index in [-0.39, 0.29) is 18.1 Å². The van der Waals surface area contributed by atoms with E-state index < -0.39 is 0 Å². The molecule has 1 saturated heterocycles. The number of furan rings is 1. The molecule has 2 amide bonds. The fourth-order valence-electron chi connectivity index (χ4n) is 3.01. The largest absolute Gasteiger partial charge is 0.466 e. The Morgan fingerprint density at radius 1 is 1.48 bits per heavy atom. The predicted molar refractivity (Wildman–Crippen MR) is 91.0 cm³/mol. The Morgan fingerprint density at radius 2 is 2.32 bits per heavy atom. The molecule has 0 unspecified atom stereocenters. The van der Waals surface area contributed by atoms with Crippen LogP contribution in [0.4, 0.5) is 4.79 Å². The Balaban J connectivity index is 1.57. The van der Waals surface area contributed by atoms with Gasteiger partial charge in [-0.2, -0.15) is 5.10 Å².